The van der Waals surface area contributed by atoms with Crippen LogP contribution in [0.5, 0.6) is 0 Å². The quantitative estimate of drug-likeness (QED) is 0.451. The van der Waals surface area contributed by atoms with Crippen molar-refractivity contribution < 1.29 is 4.79 Å². The fraction of sp³-hybridized carbons (Fsp3) is 0.176. The molecule has 3 nitrogen and oxygen atoms in total. The van der Waals surface area contributed by atoms with E-state index in [9.17, 15) is 10.1 Å². The Bertz CT molecular complexity index is 597. The Hall–Kier alpha value is -2.25. The van der Waals surface area contributed by atoms with Gasteiger partial charge in [0.1, 0.15) is 0 Å². The number of hydrogen-bond acceptors (Lipinski definition) is 3. The van der Waals surface area contributed by atoms with E-state index in [-0.39, 0.29) is 5.91 Å². The molecule has 0 atom stereocenters. The van der Waals surface area contributed by atoms with Crippen molar-refractivity contribution in [3.05, 3.63) is 66.3 Å². The monoisotopic (exact) mass is 298 g/mol. The molecule has 0 spiro atoms. The van der Waals surface area contributed by atoms with Gasteiger partial charge in [-0.2, -0.15) is 5.26 Å². The number of carbonyl (C=O) groups is 1. The van der Waals surface area contributed by atoms with Crippen LogP contribution < -0.4 is 0 Å². The minimum absolute atomic E-state index is 0.0685. The van der Waals surface area contributed by atoms with Crippen LogP contribution >= 0.6 is 11.9 Å². The summed E-state index contributed by atoms with van der Waals surface area (Å²) in [6.07, 6.45) is 5.15. The zero-order valence-electron chi connectivity index (χ0n) is 12.2. The summed E-state index contributed by atoms with van der Waals surface area (Å²) in [6.45, 7) is 7.44. The summed E-state index contributed by atoms with van der Waals surface area (Å²) in [5.41, 5.74) is 1.25. The standard InChI is InChI=1S/C17H18N2OS/c1-4-9-16(12-18)15(5-2)13-19(14(3)20)21-17-10-7-6-8-11-17/h4-11H,2,13H2,1,3H3/b9-4-,16-15-. The van der Waals surface area contributed by atoms with E-state index < -0.39 is 0 Å². The van der Waals surface area contributed by atoms with Gasteiger partial charge in [0, 0.05) is 11.8 Å². The van der Waals surface area contributed by atoms with Crippen LogP contribution in [0, 0.1) is 11.3 Å². The van der Waals surface area contributed by atoms with Crippen LogP contribution in [0.3, 0.4) is 0 Å². The highest BCUT2D eigenvalue weighted by molar-refractivity contribution is 7.97. The van der Waals surface area contributed by atoms with Gasteiger partial charge in [-0.15, -0.1) is 0 Å². The molecular weight excluding hydrogens is 280 g/mol. The Morgan fingerprint density at radius 1 is 1.43 bits per heavy atom. The van der Waals surface area contributed by atoms with E-state index in [1.807, 2.05) is 37.3 Å². The average molecular weight is 298 g/mol. The van der Waals surface area contributed by atoms with Crippen LogP contribution in [0.2, 0.25) is 0 Å². The second kappa shape index (κ2) is 8.83. The molecule has 108 valence electrons. The lowest BCUT2D eigenvalue weighted by molar-refractivity contribution is -0.123. The van der Waals surface area contributed by atoms with Crippen molar-refractivity contribution in [2.75, 3.05) is 6.54 Å². The van der Waals surface area contributed by atoms with E-state index in [1.165, 1.54) is 18.9 Å². The molecule has 0 fully saturated rings. The molecule has 0 aliphatic rings. The van der Waals surface area contributed by atoms with Crippen LogP contribution in [0.1, 0.15) is 13.8 Å². The molecule has 0 bridgehead atoms. The summed E-state index contributed by atoms with van der Waals surface area (Å²) in [7, 11) is 0. The van der Waals surface area contributed by atoms with Crippen LogP contribution in [0.4, 0.5) is 0 Å². The second-order valence-corrected chi connectivity index (χ2v) is 5.31. The average Bonchev–Trinajstić information content (AvgIpc) is 2.50. The van der Waals surface area contributed by atoms with E-state index in [0.717, 1.165) is 10.5 Å². The third kappa shape index (κ3) is 5.33. The summed E-state index contributed by atoms with van der Waals surface area (Å²) in [6, 6.07) is 11.8. The maximum absolute atomic E-state index is 11.8. The van der Waals surface area contributed by atoms with E-state index in [1.54, 1.807) is 22.5 Å². The molecule has 0 unspecified atom stereocenters. The summed E-state index contributed by atoms with van der Waals surface area (Å²) >= 11 is 1.35. The molecule has 0 saturated heterocycles. The SMILES string of the molecule is C=C/C(CN(Sc1ccccc1)C(C)=O)=C(C#N)\C=C/C. The number of amides is 1. The van der Waals surface area contributed by atoms with Crippen molar-refractivity contribution in [2.45, 2.75) is 18.7 Å². The molecule has 0 aromatic heterocycles. The van der Waals surface area contributed by atoms with Gasteiger partial charge in [0.25, 0.3) is 0 Å². The van der Waals surface area contributed by atoms with Gasteiger partial charge in [0.2, 0.25) is 5.91 Å². The van der Waals surface area contributed by atoms with E-state index in [0.29, 0.717) is 12.1 Å². The minimum atomic E-state index is -0.0685. The Labute approximate surface area is 130 Å². The van der Waals surface area contributed by atoms with Gasteiger partial charge in [-0.3, -0.25) is 9.10 Å². The highest BCUT2D eigenvalue weighted by Gasteiger charge is 2.13. The summed E-state index contributed by atoms with van der Waals surface area (Å²) in [5.74, 6) is -0.0685. The Balaban J connectivity index is 3.00. The highest BCUT2D eigenvalue weighted by atomic mass is 32.2. The van der Waals surface area contributed by atoms with Crippen molar-refractivity contribution in [1.29, 1.82) is 5.26 Å². The number of rotatable bonds is 6. The first kappa shape index (κ1) is 16.8. The lowest BCUT2D eigenvalue weighted by Crippen LogP contribution is -2.23. The number of allylic oxidation sites excluding steroid dienone is 3. The molecule has 0 N–H and O–H groups in total. The maximum Gasteiger partial charge on any atom is 0.229 e. The first-order chi connectivity index (χ1) is 10.1. The fourth-order valence-electron chi connectivity index (χ4n) is 1.61. The molecule has 0 heterocycles. The Morgan fingerprint density at radius 2 is 2.10 bits per heavy atom. The zero-order chi connectivity index (χ0) is 15.7. The van der Waals surface area contributed by atoms with Crippen molar-refractivity contribution >= 4 is 17.9 Å². The maximum atomic E-state index is 11.8. The number of carbonyl (C=O) groups excluding carboxylic acids is 1. The van der Waals surface area contributed by atoms with Gasteiger partial charge < -0.3 is 0 Å². The first-order valence-corrected chi connectivity index (χ1v) is 7.29. The molecule has 1 amide bonds. The van der Waals surface area contributed by atoms with Crippen LogP contribution in [-0.2, 0) is 4.79 Å². The van der Waals surface area contributed by atoms with Crippen LogP contribution in [0.15, 0.2) is 71.2 Å². The minimum Gasteiger partial charge on any atom is -0.278 e. The molecule has 0 saturated carbocycles. The van der Waals surface area contributed by atoms with Gasteiger partial charge in [-0.05, 0) is 42.7 Å². The van der Waals surface area contributed by atoms with Gasteiger partial charge in [0.05, 0.1) is 18.2 Å². The van der Waals surface area contributed by atoms with Crippen LogP contribution in [-0.4, -0.2) is 16.8 Å². The first-order valence-electron chi connectivity index (χ1n) is 6.51. The van der Waals surface area contributed by atoms with Gasteiger partial charge in [-0.1, -0.05) is 36.9 Å². The Morgan fingerprint density at radius 3 is 2.57 bits per heavy atom. The largest absolute Gasteiger partial charge is 0.278 e. The molecule has 4 heteroatoms. The highest BCUT2D eigenvalue weighted by Crippen LogP contribution is 2.24. The van der Waals surface area contributed by atoms with Crippen LogP contribution in [0.25, 0.3) is 0 Å². The molecule has 0 aliphatic carbocycles. The number of hydrogen-bond donors (Lipinski definition) is 0. The van der Waals surface area contributed by atoms with Crippen molar-refractivity contribution in [1.82, 2.24) is 4.31 Å². The normalized spacial score (nSPS) is 11.7. The van der Waals surface area contributed by atoms with Gasteiger partial charge in [-0.25, -0.2) is 0 Å². The lowest BCUT2D eigenvalue weighted by Gasteiger charge is -2.20. The molecular formula is C17H18N2OS. The number of benzene rings is 1. The number of nitriles is 1. The van der Waals surface area contributed by atoms with Crippen molar-refractivity contribution in [2.24, 2.45) is 0 Å². The number of nitrogens with zero attached hydrogens (tertiary/aromatic N) is 2. The summed E-state index contributed by atoms with van der Waals surface area (Å²) < 4.78 is 1.62. The predicted octanol–water partition coefficient (Wildman–Crippen LogP) is 4.12. The molecule has 1 rings (SSSR count). The van der Waals surface area contributed by atoms with E-state index in [4.69, 9.17) is 0 Å². The smallest absolute Gasteiger partial charge is 0.229 e. The van der Waals surface area contributed by atoms with Gasteiger partial charge >= 0.3 is 0 Å². The topological polar surface area (TPSA) is 44.1 Å². The van der Waals surface area contributed by atoms with E-state index >= 15 is 0 Å². The molecule has 1 aromatic rings. The summed E-state index contributed by atoms with van der Waals surface area (Å²) in [4.78, 5) is 12.8. The third-order valence-electron chi connectivity index (χ3n) is 2.67. The second-order valence-electron chi connectivity index (χ2n) is 4.21. The third-order valence-corrected chi connectivity index (χ3v) is 3.76. The Kier molecular flexibility index (Phi) is 7.06. The summed E-state index contributed by atoms with van der Waals surface area (Å²) in [5, 5.41) is 9.18. The zero-order valence-corrected chi connectivity index (χ0v) is 13.1. The fourth-order valence-corrected chi connectivity index (χ4v) is 2.48. The van der Waals surface area contributed by atoms with Crippen molar-refractivity contribution in [3.8, 4) is 6.07 Å². The van der Waals surface area contributed by atoms with E-state index in [2.05, 4.69) is 12.6 Å². The molecule has 21 heavy (non-hydrogen) atoms. The van der Waals surface area contributed by atoms with Crippen molar-refractivity contribution in [3.63, 3.8) is 0 Å². The molecule has 0 radical (unpaired) electrons. The van der Waals surface area contributed by atoms with Gasteiger partial charge in [0.15, 0.2) is 0 Å². The lowest BCUT2D eigenvalue weighted by atomic mass is 10.1. The molecule has 1 aromatic carbocycles. The predicted molar refractivity (Wildman–Crippen MR) is 87.3 cm³/mol. The molecule has 0 aliphatic heterocycles.